The Morgan fingerprint density at radius 2 is 1.94 bits per heavy atom. The summed E-state index contributed by atoms with van der Waals surface area (Å²) in [5.74, 6) is 6.40. The summed E-state index contributed by atoms with van der Waals surface area (Å²) in [7, 11) is 0. The van der Waals surface area contributed by atoms with Gasteiger partial charge in [-0.25, -0.2) is 5.90 Å². The number of nitrogens with two attached hydrogens (primary N) is 1. The van der Waals surface area contributed by atoms with Gasteiger partial charge in [0.1, 0.15) is 11.2 Å². The van der Waals surface area contributed by atoms with Crippen LogP contribution >= 0.6 is 0 Å². The third-order valence-corrected chi connectivity index (χ3v) is 3.86. The van der Waals surface area contributed by atoms with Gasteiger partial charge in [-0.2, -0.15) is 0 Å². The van der Waals surface area contributed by atoms with Crippen LogP contribution in [-0.2, 0) is 14.4 Å². The Hall–Kier alpha value is -0.610. The Bertz CT molecular complexity index is 298. The molecule has 0 aliphatic heterocycles. The quantitative estimate of drug-likeness (QED) is 0.624. The summed E-state index contributed by atoms with van der Waals surface area (Å²) in [6, 6.07) is 0. The molecule has 0 aromatic heterocycles. The van der Waals surface area contributed by atoms with Crippen LogP contribution in [0.3, 0.4) is 0 Å². The van der Waals surface area contributed by atoms with Crippen LogP contribution in [0, 0.1) is 11.8 Å². The van der Waals surface area contributed by atoms with Crippen molar-refractivity contribution in [1.82, 2.24) is 0 Å². The predicted molar refractivity (Wildman–Crippen MR) is 70.6 cm³/mol. The van der Waals surface area contributed by atoms with Gasteiger partial charge in [-0.3, -0.25) is 9.63 Å². The monoisotopic (exact) mass is 257 g/mol. The van der Waals surface area contributed by atoms with Gasteiger partial charge >= 0.3 is 5.97 Å². The molecule has 0 spiro atoms. The van der Waals surface area contributed by atoms with Crippen molar-refractivity contribution in [2.24, 2.45) is 17.7 Å². The highest BCUT2D eigenvalue weighted by molar-refractivity contribution is 5.71. The molecular weight excluding hydrogens is 230 g/mol. The van der Waals surface area contributed by atoms with Crippen LogP contribution in [-0.4, -0.2) is 17.2 Å². The maximum atomic E-state index is 11.9. The molecule has 3 atom stereocenters. The summed E-state index contributed by atoms with van der Waals surface area (Å²) < 4.78 is 5.35. The van der Waals surface area contributed by atoms with Crippen LogP contribution < -0.4 is 5.90 Å². The molecule has 0 heterocycles. The molecule has 0 saturated heterocycles. The molecule has 1 fully saturated rings. The highest BCUT2D eigenvalue weighted by Crippen LogP contribution is 2.40. The van der Waals surface area contributed by atoms with E-state index < -0.39 is 11.2 Å². The minimum absolute atomic E-state index is 0.227. The van der Waals surface area contributed by atoms with Gasteiger partial charge in [0, 0.05) is 0 Å². The van der Waals surface area contributed by atoms with Crippen LogP contribution in [0.2, 0.25) is 0 Å². The van der Waals surface area contributed by atoms with Gasteiger partial charge in [-0.05, 0) is 51.9 Å². The number of carbonyl (C=O) groups is 1. The lowest BCUT2D eigenvalue weighted by molar-refractivity contribution is -0.168. The third kappa shape index (κ3) is 4.25. The van der Waals surface area contributed by atoms with Crippen molar-refractivity contribution in [1.29, 1.82) is 0 Å². The number of hydrogen-bond acceptors (Lipinski definition) is 4. The molecule has 2 N–H and O–H groups in total. The number of hydrogen-bond donors (Lipinski definition) is 1. The van der Waals surface area contributed by atoms with Crippen molar-refractivity contribution in [2.45, 2.75) is 71.5 Å². The van der Waals surface area contributed by atoms with Crippen LogP contribution in [0.15, 0.2) is 0 Å². The van der Waals surface area contributed by atoms with E-state index in [1.54, 1.807) is 0 Å². The van der Waals surface area contributed by atoms with Gasteiger partial charge in [0.25, 0.3) is 0 Å². The van der Waals surface area contributed by atoms with Crippen molar-refractivity contribution < 1.29 is 14.4 Å². The fraction of sp³-hybridized carbons (Fsp3) is 0.929. The average Bonchev–Trinajstić information content (AvgIpc) is 2.21. The van der Waals surface area contributed by atoms with Gasteiger partial charge in [-0.1, -0.05) is 13.8 Å². The molecule has 4 heteroatoms. The Kier molecular flexibility index (Phi) is 4.78. The van der Waals surface area contributed by atoms with E-state index in [-0.39, 0.29) is 12.4 Å². The second kappa shape index (κ2) is 5.57. The average molecular weight is 257 g/mol. The molecule has 0 aromatic rings. The molecule has 0 amide bonds. The smallest absolute Gasteiger partial charge is 0.309 e. The lowest BCUT2D eigenvalue weighted by atomic mass is 9.72. The Morgan fingerprint density at radius 3 is 2.39 bits per heavy atom. The largest absolute Gasteiger partial charge is 0.460 e. The molecule has 0 bridgehead atoms. The van der Waals surface area contributed by atoms with E-state index in [4.69, 9.17) is 15.5 Å². The maximum absolute atomic E-state index is 11.9. The molecule has 1 aliphatic carbocycles. The second-order valence-electron chi connectivity index (χ2n) is 6.76. The highest BCUT2D eigenvalue weighted by atomic mass is 16.6. The predicted octanol–water partition coefficient (Wildman–Crippen LogP) is 2.80. The van der Waals surface area contributed by atoms with E-state index in [1.165, 1.54) is 0 Å². The third-order valence-electron chi connectivity index (χ3n) is 3.86. The first kappa shape index (κ1) is 15.4. The van der Waals surface area contributed by atoms with Crippen molar-refractivity contribution in [3.05, 3.63) is 0 Å². The van der Waals surface area contributed by atoms with Crippen LogP contribution in [0.5, 0.6) is 0 Å². The summed E-state index contributed by atoms with van der Waals surface area (Å²) >= 11 is 0. The van der Waals surface area contributed by atoms with E-state index >= 15 is 0 Å². The van der Waals surface area contributed by atoms with Crippen LogP contribution in [0.1, 0.15) is 60.3 Å². The maximum Gasteiger partial charge on any atom is 0.309 e. The minimum atomic E-state index is -0.533. The summed E-state index contributed by atoms with van der Waals surface area (Å²) in [5, 5.41) is 0. The Balaban J connectivity index is 2.64. The van der Waals surface area contributed by atoms with Crippen molar-refractivity contribution in [3.8, 4) is 0 Å². The number of carbonyl (C=O) groups excluding carboxylic acids is 1. The van der Waals surface area contributed by atoms with Gasteiger partial charge in [0.05, 0.1) is 6.42 Å². The molecule has 3 unspecified atom stereocenters. The van der Waals surface area contributed by atoms with E-state index in [9.17, 15) is 4.79 Å². The van der Waals surface area contributed by atoms with Gasteiger partial charge < -0.3 is 4.74 Å². The lowest BCUT2D eigenvalue weighted by Gasteiger charge is -2.40. The zero-order valence-electron chi connectivity index (χ0n) is 12.3. The topological polar surface area (TPSA) is 61.5 Å². The van der Waals surface area contributed by atoms with E-state index in [2.05, 4.69) is 13.8 Å². The Morgan fingerprint density at radius 1 is 1.33 bits per heavy atom. The van der Waals surface area contributed by atoms with Gasteiger partial charge in [0.15, 0.2) is 0 Å². The fourth-order valence-corrected chi connectivity index (χ4v) is 2.62. The van der Waals surface area contributed by atoms with Gasteiger partial charge in [-0.15, -0.1) is 0 Å². The number of ether oxygens (including phenoxy) is 1. The first-order valence-electron chi connectivity index (χ1n) is 6.77. The first-order valence-corrected chi connectivity index (χ1v) is 6.77. The molecule has 4 nitrogen and oxygen atoms in total. The lowest BCUT2D eigenvalue weighted by Crippen LogP contribution is -2.45. The summed E-state index contributed by atoms with van der Waals surface area (Å²) in [4.78, 5) is 17.1. The Labute approximate surface area is 110 Å². The molecule has 18 heavy (non-hydrogen) atoms. The fourth-order valence-electron chi connectivity index (χ4n) is 2.62. The highest BCUT2D eigenvalue weighted by Gasteiger charge is 2.41. The molecule has 0 radical (unpaired) electrons. The zero-order chi connectivity index (χ0) is 14.0. The van der Waals surface area contributed by atoms with Crippen molar-refractivity contribution >= 4 is 5.97 Å². The summed E-state index contributed by atoms with van der Waals surface area (Å²) in [6.07, 6.45) is 2.94. The molecule has 0 aromatic carbocycles. The second-order valence-corrected chi connectivity index (χ2v) is 6.76. The minimum Gasteiger partial charge on any atom is -0.460 e. The van der Waals surface area contributed by atoms with E-state index in [1.807, 2.05) is 20.8 Å². The van der Waals surface area contributed by atoms with Crippen LogP contribution in [0.25, 0.3) is 0 Å². The number of esters is 1. The molecular formula is C14H27NO3. The summed E-state index contributed by atoms with van der Waals surface area (Å²) in [5.41, 5.74) is -0.991. The van der Waals surface area contributed by atoms with Crippen molar-refractivity contribution in [3.63, 3.8) is 0 Å². The zero-order valence-corrected chi connectivity index (χ0v) is 12.3. The van der Waals surface area contributed by atoms with E-state index in [0.717, 1.165) is 19.3 Å². The van der Waals surface area contributed by atoms with Crippen molar-refractivity contribution in [2.75, 3.05) is 0 Å². The molecule has 1 rings (SSSR count). The van der Waals surface area contributed by atoms with E-state index in [0.29, 0.717) is 11.8 Å². The number of rotatable bonds is 3. The SMILES string of the molecule is CC1CCC(CC(=O)OC(C)(C)C)(ON)CC1C. The summed E-state index contributed by atoms with van der Waals surface area (Å²) in [6.45, 7) is 10.0. The molecule has 1 saturated carbocycles. The normalized spacial score (nSPS) is 33.2. The standard InChI is InChI=1S/C14H27NO3/c1-10-6-7-14(18-15,8-11(10)2)9-12(16)17-13(3,4)5/h10-11H,6-9,15H2,1-5H3. The first-order chi connectivity index (χ1) is 8.17. The van der Waals surface area contributed by atoms with Crippen LogP contribution in [0.4, 0.5) is 0 Å². The van der Waals surface area contributed by atoms with Gasteiger partial charge in [0.2, 0.25) is 0 Å². The molecule has 1 aliphatic rings. The molecule has 106 valence electrons.